The van der Waals surface area contributed by atoms with Gasteiger partial charge in [0.25, 0.3) is 5.91 Å². The van der Waals surface area contributed by atoms with Crippen LogP contribution in [0.2, 0.25) is 0 Å². The van der Waals surface area contributed by atoms with Gasteiger partial charge in [0.1, 0.15) is 5.69 Å². The number of amides is 2. The molecule has 0 spiro atoms. The molecule has 27 heavy (non-hydrogen) atoms. The molecular weight excluding hydrogens is 362 g/mol. The molecule has 138 valence electrons. The van der Waals surface area contributed by atoms with Crippen molar-refractivity contribution in [2.24, 2.45) is 5.92 Å². The van der Waals surface area contributed by atoms with Crippen LogP contribution in [0.25, 0.3) is 4.96 Å². The summed E-state index contributed by atoms with van der Waals surface area (Å²) in [7, 11) is 0. The van der Waals surface area contributed by atoms with E-state index >= 15 is 0 Å². The number of rotatable bonds is 3. The maximum atomic E-state index is 13.0. The number of hydrogen-bond acceptors (Lipinski definition) is 5. The summed E-state index contributed by atoms with van der Waals surface area (Å²) in [5.41, 5.74) is 1.33. The first-order valence-corrected chi connectivity index (χ1v) is 9.99. The van der Waals surface area contributed by atoms with E-state index in [-0.39, 0.29) is 23.8 Å². The number of aromatic nitrogens is 3. The summed E-state index contributed by atoms with van der Waals surface area (Å²) in [6.07, 6.45) is 7.17. The fourth-order valence-corrected chi connectivity index (χ4v) is 4.77. The molecule has 0 aliphatic carbocycles. The number of pyridine rings is 1. The first kappa shape index (κ1) is 16.4. The van der Waals surface area contributed by atoms with Crippen LogP contribution >= 0.6 is 11.3 Å². The van der Waals surface area contributed by atoms with Crippen molar-refractivity contribution in [3.05, 3.63) is 53.6 Å². The second kappa shape index (κ2) is 6.45. The fraction of sp³-hybridized carbons (Fsp3) is 0.368. The lowest BCUT2D eigenvalue weighted by Gasteiger charge is -2.35. The van der Waals surface area contributed by atoms with Crippen molar-refractivity contribution in [2.75, 3.05) is 13.1 Å². The van der Waals surface area contributed by atoms with Crippen LogP contribution in [0.15, 0.2) is 42.2 Å². The lowest BCUT2D eigenvalue weighted by Crippen LogP contribution is -2.47. The largest absolute Gasteiger partial charge is 0.334 e. The van der Waals surface area contributed by atoms with Gasteiger partial charge in [-0.1, -0.05) is 6.07 Å². The molecule has 3 saturated heterocycles. The Labute approximate surface area is 160 Å². The van der Waals surface area contributed by atoms with Gasteiger partial charge in [-0.25, -0.2) is 4.98 Å². The molecular formula is C19H19N5O2S. The zero-order chi connectivity index (χ0) is 18.4. The zero-order valence-corrected chi connectivity index (χ0v) is 15.5. The van der Waals surface area contributed by atoms with Gasteiger partial charge in [0.2, 0.25) is 5.91 Å². The topological polar surface area (TPSA) is 70.8 Å². The second-order valence-corrected chi connectivity index (χ2v) is 8.02. The molecule has 2 atom stereocenters. The zero-order valence-electron chi connectivity index (χ0n) is 14.7. The van der Waals surface area contributed by atoms with Crippen molar-refractivity contribution < 1.29 is 9.59 Å². The maximum absolute atomic E-state index is 13.0. The minimum atomic E-state index is -0.139. The first-order valence-electron chi connectivity index (χ1n) is 9.11. The van der Waals surface area contributed by atoms with Crippen LogP contribution in [0.1, 0.15) is 29.0 Å². The smallest absolute Gasteiger partial charge is 0.274 e. The molecule has 0 radical (unpaired) electrons. The molecule has 3 aromatic heterocycles. The van der Waals surface area contributed by atoms with Gasteiger partial charge in [0.05, 0.1) is 18.2 Å². The predicted octanol–water partition coefficient (Wildman–Crippen LogP) is 2.05. The molecule has 2 amide bonds. The maximum Gasteiger partial charge on any atom is 0.274 e. The number of nitrogens with zero attached hydrogens (tertiary/aromatic N) is 5. The van der Waals surface area contributed by atoms with E-state index in [1.807, 2.05) is 44.0 Å². The second-order valence-electron chi connectivity index (χ2n) is 7.14. The minimum absolute atomic E-state index is 0.0333. The van der Waals surface area contributed by atoms with Crippen molar-refractivity contribution >= 4 is 28.1 Å². The molecule has 7 nitrogen and oxygen atoms in total. The number of fused-ring (bicyclic) bond motifs is 5. The average Bonchev–Trinajstić information content (AvgIpc) is 3.18. The number of carbonyl (C=O) groups is 2. The molecule has 3 aliphatic heterocycles. The summed E-state index contributed by atoms with van der Waals surface area (Å²) in [5.74, 6) is -0.0894. The van der Waals surface area contributed by atoms with Crippen LogP contribution in [-0.4, -0.2) is 55.1 Å². The molecule has 3 fully saturated rings. The number of piperidine rings is 1. The van der Waals surface area contributed by atoms with Crippen LogP contribution in [0.4, 0.5) is 0 Å². The van der Waals surface area contributed by atoms with Crippen LogP contribution in [-0.2, 0) is 11.3 Å². The van der Waals surface area contributed by atoms with Gasteiger partial charge in [0, 0.05) is 43.1 Å². The van der Waals surface area contributed by atoms with E-state index in [1.54, 1.807) is 12.4 Å². The van der Waals surface area contributed by atoms with Crippen LogP contribution in [0.5, 0.6) is 0 Å². The van der Waals surface area contributed by atoms with Crippen LogP contribution < -0.4 is 0 Å². The summed E-state index contributed by atoms with van der Waals surface area (Å²) in [4.78, 5) is 39.3. The van der Waals surface area contributed by atoms with Crippen molar-refractivity contribution in [3.8, 4) is 0 Å². The average molecular weight is 381 g/mol. The fourth-order valence-electron chi connectivity index (χ4n) is 4.07. The highest BCUT2D eigenvalue weighted by molar-refractivity contribution is 7.15. The SMILES string of the molecule is O=C(c1cn2ccsc2n1)N1C[C@@H]2CC[C@H](C1)N(Cc1ccccn1)C2=O. The van der Waals surface area contributed by atoms with Crippen molar-refractivity contribution in [3.63, 3.8) is 0 Å². The van der Waals surface area contributed by atoms with E-state index < -0.39 is 0 Å². The van der Waals surface area contributed by atoms with Gasteiger partial charge in [-0.05, 0) is 25.0 Å². The van der Waals surface area contributed by atoms with Gasteiger partial charge < -0.3 is 9.80 Å². The minimum Gasteiger partial charge on any atom is -0.334 e. The van der Waals surface area contributed by atoms with Crippen LogP contribution in [0.3, 0.4) is 0 Å². The normalized spacial score (nSPS) is 22.4. The third-order valence-electron chi connectivity index (χ3n) is 5.45. The standard InChI is InChI=1S/C19H19N5O2S/c25-17-13-4-5-15(24(17)10-14-3-1-2-6-20-14)11-23(9-13)18(26)16-12-22-7-8-27-19(22)21-16/h1-3,6-8,12-13,15H,4-5,9-11H2/t13-,15+/m0/s1. The van der Waals surface area contributed by atoms with Crippen LogP contribution in [0, 0.1) is 5.92 Å². The third kappa shape index (κ3) is 2.90. The Morgan fingerprint density at radius 3 is 3.00 bits per heavy atom. The summed E-state index contributed by atoms with van der Waals surface area (Å²) >= 11 is 1.50. The Balaban J connectivity index is 1.39. The summed E-state index contributed by atoms with van der Waals surface area (Å²) in [6, 6.07) is 5.78. The number of carbonyl (C=O) groups excluding carboxylic acids is 2. The van der Waals surface area contributed by atoms with Gasteiger partial charge >= 0.3 is 0 Å². The highest BCUT2D eigenvalue weighted by Gasteiger charge is 2.42. The Hall–Kier alpha value is -2.74. The van der Waals surface area contributed by atoms with E-state index in [9.17, 15) is 9.59 Å². The molecule has 0 aromatic carbocycles. The molecule has 6 rings (SSSR count). The monoisotopic (exact) mass is 381 g/mol. The molecule has 0 N–H and O–H groups in total. The number of imidazole rings is 1. The molecule has 3 aromatic rings. The highest BCUT2D eigenvalue weighted by atomic mass is 32.1. The Kier molecular flexibility index (Phi) is 3.93. The Morgan fingerprint density at radius 2 is 2.19 bits per heavy atom. The molecule has 0 saturated carbocycles. The molecule has 0 unspecified atom stereocenters. The lowest BCUT2D eigenvalue weighted by atomic mass is 9.94. The van der Waals surface area contributed by atoms with Crippen molar-refractivity contribution in [1.29, 1.82) is 0 Å². The van der Waals surface area contributed by atoms with Gasteiger partial charge in [-0.3, -0.25) is 19.0 Å². The molecule has 3 aliphatic rings. The molecule has 2 bridgehead atoms. The molecule has 8 heteroatoms. The quantitative estimate of drug-likeness (QED) is 0.696. The lowest BCUT2D eigenvalue weighted by molar-refractivity contribution is -0.140. The Morgan fingerprint density at radius 1 is 1.26 bits per heavy atom. The predicted molar refractivity (Wildman–Crippen MR) is 100 cm³/mol. The number of thiazole rings is 1. The van der Waals surface area contributed by atoms with E-state index in [4.69, 9.17) is 0 Å². The van der Waals surface area contributed by atoms with E-state index in [0.29, 0.717) is 25.3 Å². The third-order valence-corrected chi connectivity index (χ3v) is 6.22. The summed E-state index contributed by atoms with van der Waals surface area (Å²) in [5, 5.41) is 1.94. The van der Waals surface area contributed by atoms with E-state index in [2.05, 4.69) is 9.97 Å². The first-order chi connectivity index (χ1) is 13.2. The van der Waals surface area contributed by atoms with Gasteiger partial charge in [-0.15, -0.1) is 11.3 Å². The van der Waals surface area contributed by atoms with Gasteiger partial charge in [-0.2, -0.15) is 0 Å². The van der Waals surface area contributed by atoms with Gasteiger partial charge in [0.15, 0.2) is 4.96 Å². The van der Waals surface area contributed by atoms with E-state index in [0.717, 1.165) is 23.5 Å². The summed E-state index contributed by atoms with van der Waals surface area (Å²) in [6.45, 7) is 1.53. The Bertz CT molecular complexity index is 969. The highest BCUT2D eigenvalue weighted by Crippen LogP contribution is 2.31. The summed E-state index contributed by atoms with van der Waals surface area (Å²) < 4.78 is 1.86. The molecule has 6 heterocycles. The number of hydrogen-bond donors (Lipinski definition) is 0. The van der Waals surface area contributed by atoms with E-state index in [1.165, 1.54) is 11.3 Å². The van der Waals surface area contributed by atoms with Crippen molar-refractivity contribution in [1.82, 2.24) is 24.2 Å². The van der Waals surface area contributed by atoms with Crippen molar-refractivity contribution in [2.45, 2.75) is 25.4 Å².